The monoisotopic (exact) mass is 500 g/mol. The van der Waals surface area contributed by atoms with E-state index in [2.05, 4.69) is 53.3 Å². The minimum absolute atomic E-state index is 0. The maximum Gasteiger partial charge on any atom is 0.189 e. The van der Waals surface area contributed by atoms with Gasteiger partial charge in [0, 0.05) is 25.7 Å². The van der Waals surface area contributed by atoms with E-state index >= 15 is 0 Å². The summed E-state index contributed by atoms with van der Waals surface area (Å²) in [5.41, 5.74) is 8.65. The number of rotatable bonds is 5. The number of nitrogens with zero attached hydrogens (tertiary/aromatic N) is 2. The number of guanidine groups is 1. The molecule has 0 amide bonds. The van der Waals surface area contributed by atoms with Gasteiger partial charge in [0.05, 0.1) is 18.8 Å². The van der Waals surface area contributed by atoms with Crippen LogP contribution < -0.4 is 11.1 Å². The first-order valence-electron chi connectivity index (χ1n) is 10.6. The molecule has 1 aromatic carbocycles. The molecule has 0 radical (unpaired) electrons. The smallest absolute Gasteiger partial charge is 0.189 e. The average molecular weight is 500 g/mol. The third kappa shape index (κ3) is 7.87. The van der Waals surface area contributed by atoms with Gasteiger partial charge in [0.25, 0.3) is 0 Å². The number of ether oxygens (including phenoxy) is 1. The molecule has 5 nitrogen and oxygen atoms in total. The fourth-order valence-electron chi connectivity index (χ4n) is 4.28. The largest absolute Gasteiger partial charge is 0.373 e. The lowest BCUT2D eigenvalue weighted by Gasteiger charge is -2.35. The van der Waals surface area contributed by atoms with Gasteiger partial charge < -0.3 is 15.8 Å². The molecule has 1 heterocycles. The zero-order valence-electron chi connectivity index (χ0n) is 17.4. The number of hydrogen-bond donors (Lipinski definition) is 2. The predicted molar refractivity (Wildman–Crippen MR) is 127 cm³/mol. The van der Waals surface area contributed by atoms with Gasteiger partial charge in [-0.3, -0.25) is 4.90 Å². The van der Waals surface area contributed by atoms with E-state index in [1.54, 1.807) is 0 Å². The van der Waals surface area contributed by atoms with Crippen LogP contribution >= 0.6 is 24.0 Å². The second kappa shape index (κ2) is 12.0. The number of aliphatic imine (C=N–C) groups is 1. The molecule has 0 spiro atoms. The highest BCUT2D eigenvalue weighted by molar-refractivity contribution is 14.0. The molecule has 2 unspecified atom stereocenters. The Morgan fingerprint density at radius 3 is 2.21 bits per heavy atom. The van der Waals surface area contributed by atoms with Crippen molar-refractivity contribution in [1.29, 1.82) is 0 Å². The van der Waals surface area contributed by atoms with Crippen molar-refractivity contribution in [2.75, 3.05) is 13.1 Å². The van der Waals surface area contributed by atoms with Crippen LogP contribution in [0.15, 0.2) is 29.3 Å². The summed E-state index contributed by atoms with van der Waals surface area (Å²) < 4.78 is 5.81. The van der Waals surface area contributed by atoms with Crippen molar-refractivity contribution in [2.45, 2.75) is 83.7 Å². The van der Waals surface area contributed by atoms with Gasteiger partial charge in [0.2, 0.25) is 0 Å². The van der Waals surface area contributed by atoms with Crippen LogP contribution in [-0.4, -0.2) is 42.2 Å². The van der Waals surface area contributed by atoms with Crippen LogP contribution in [-0.2, 0) is 17.8 Å². The molecule has 1 aliphatic carbocycles. The summed E-state index contributed by atoms with van der Waals surface area (Å²) in [6, 6.07) is 9.27. The van der Waals surface area contributed by atoms with Crippen LogP contribution in [0.2, 0.25) is 0 Å². The Labute approximate surface area is 187 Å². The molecule has 1 aliphatic heterocycles. The highest BCUT2D eigenvalue weighted by Gasteiger charge is 2.21. The van der Waals surface area contributed by atoms with E-state index in [-0.39, 0.29) is 24.0 Å². The molecule has 28 heavy (non-hydrogen) atoms. The maximum atomic E-state index is 6.10. The van der Waals surface area contributed by atoms with E-state index in [4.69, 9.17) is 10.5 Å². The van der Waals surface area contributed by atoms with Crippen LogP contribution in [0.5, 0.6) is 0 Å². The highest BCUT2D eigenvalue weighted by atomic mass is 127. The van der Waals surface area contributed by atoms with Gasteiger partial charge in [-0.05, 0) is 37.8 Å². The number of halogens is 1. The molecule has 3 rings (SSSR count). The minimum Gasteiger partial charge on any atom is -0.373 e. The Morgan fingerprint density at radius 1 is 1.04 bits per heavy atom. The second-order valence-electron chi connectivity index (χ2n) is 8.30. The van der Waals surface area contributed by atoms with Crippen LogP contribution in [0, 0.1) is 0 Å². The van der Waals surface area contributed by atoms with Crippen molar-refractivity contribution in [2.24, 2.45) is 10.7 Å². The Hall–Kier alpha value is -0.860. The second-order valence-corrected chi connectivity index (χ2v) is 8.30. The van der Waals surface area contributed by atoms with E-state index in [1.807, 2.05) is 0 Å². The normalized spacial score (nSPS) is 25.0. The van der Waals surface area contributed by atoms with Gasteiger partial charge in [-0.1, -0.05) is 49.9 Å². The quantitative estimate of drug-likeness (QED) is 0.277. The maximum absolute atomic E-state index is 6.10. The zero-order chi connectivity index (χ0) is 19.1. The molecular formula is C22H37IN4O. The van der Waals surface area contributed by atoms with Gasteiger partial charge in [-0.2, -0.15) is 0 Å². The summed E-state index contributed by atoms with van der Waals surface area (Å²) in [6.07, 6.45) is 8.35. The number of morpholine rings is 1. The van der Waals surface area contributed by atoms with E-state index in [0.717, 1.165) is 19.6 Å². The Bertz CT molecular complexity index is 589. The fourth-order valence-corrected chi connectivity index (χ4v) is 4.28. The van der Waals surface area contributed by atoms with E-state index in [1.165, 1.54) is 49.7 Å². The summed E-state index contributed by atoms with van der Waals surface area (Å²) in [6.45, 7) is 7.92. The lowest BCUT2D eigenvalue weighted by atomic mass is 10.1. The van der Waals surface area contributed by atoms with Crippen molar-refractivity contribution in [3.05, 3.63) is 35.4 Å². The van der Waals surface area contributed by atoms with Crippen molar-refractivity contribution >= 4 is 29.9 Å². The summed E-state index contributed by atoms with van der Waals surface area (Å²) in [5.74, 6) is 0.585. The van der Waals surface area contributed by atoms with Crippen LogP contribution in [0.1, 0.15) is 63.5 Å². The van der Waals surface area contributed by atoms with Gasteiger partial charge in [0.15, 0.2) is 5.96 Å². The molecule has 0 aromatic heterocycles. The van der Waals surface area contributed by atoms with Crippen molar-refractivity contribution in [1.82, 2.24) is 10.2 Å². The van der Waals surface area contributed by atoms with E-state index < -0.39 is 0 Å². The zero-order valence-corrected chi connectivity index (χ0v) is 19.7. The molecule has 3 N–H and O–H groups in total. The number of nitrogens with two attached hydrogens (primary N) is 1. The van der Waals surface area contributed by atoms with Gasteiger partial charge >= 0.3 is 0 Å². The number of nitrogens with one attached hydrogen (secondary N) is 1. The Morgan fingerprint density at radius 2 is 1.61 bits per heavy atom. The molecule has 158 valence electrons. The van der Waals surface area contributed by atoms with E-state index in [9.17, 15) is 0 Å². The molecule has 2 aliphatic rings. The fraction of sp³-hybridized carbons (Fsp3) is 0.682. The lowest BCUT2D eigenvalue weighted by molar-refractivity contribution is -0.0704. The molecule has 2 fully saturated rings. The predicted octanol–water partition coefficient (Wildman–Crippen LogP) is 4.04. The standard InChI is InChI=1S/C22H36N4O.HI/c1-17-14-26(15-18(2)27-17)16-20-11-9-19(10-12-20)13-24-22(23)25-21-7-5-3-4-6-8-21;/h9-12,17-18,21H,3-8,13-16H2,1-2H3,(H3,23,24,25);1H. The molecule has 0 bridgehead atoms. The number of benzene rings is 1. The molecule has 1 aromatic rings. The van der Waals surface area contributed by atoms with Crippen LogP contribution in [0.3, 0.4) is 0 Å². The molecular weight excluding hydrogens is 463 g/mol. The summed E-state index contributed by atoms with van der Waals surface area (Å²) in [4.78, 5) is 7.01. The third-order valence-corrected chi connectivity index (χ3v) is 5.56. The molecule has 2 atom stereocenters. The summed E-state index contributed by atoms with van der Waals surface area (Å²) in [7, 11) is 0. The number of hydrogen-bond acceptors (Lipinski definition) is 3. The van der Waals surface area contributed by atoms with Crippen molar-refractivity contribution in [3.63, 3.8) is 0 Å². The highest BCUT2D eigenvalue weighted by Crippen LogP contribution is 2.17. The SMILES string of the molecule is CC1CN(Cc2ccc(CN=C(N)NC3CCCCCC3)cc2)CC(C)O1.I. The van der Waals surface area contributed by atoms with Crippen LogP contribution in [0.4, 0.5) is 0 Å². The third-order valence-electron chi connectivity index (χ3n) is 5.56. The van der Waals surface area contributed by atoms with Crippen molar-refractivity contribution < 1.29 is 4.74 Å². The summed E-state index contributed by atoms with van der Waals surface area (Å²) in [5, 5.41) is 3.41. The van der Waals surface area contributed by atoms with Gasteiger partial charge in [-0.15, -0.1) is 24.0 Å². The van der Waals surface area contributed by atoms with Crippen LogP contribution in [0.25, 0.3) is 0 Å². The molecule has 1 saturated carbocycles. The van der Waals surface area contributed by atoms with Gasteiger partial charge in [-0.25, -0.2) is 4.99 Å². The van der Waals surface area contributed by atoms with Gasteiger partial charge in [0.1, 0.15) is 0 Å². The molecule has 6 heteroatoms. The topological polar surface area (TPSA) is 62.9 Å². The Balaban J connectivity index is 0.00000280. The average Bonchev–Trinajstić information content (AvgIpc) is 2.89. The van der Waals surface area contributed by atoms with Crippen molar-refractivity contribution in [3.8, 4) is 0 Å². The lowest BCUT2D eigenvalue weighted by Crippen LogP contribution is -2.44. The molecule has 1 saturated heterocycles. The Kier molecular flexibility index (Phi) is 10.0. The summed E-state index contributed by atoms with van der Waals surface area (Å²) >= 11 is 0. The minimum atomic E-state index is 0. The first kappa shape index (κ1) is 23.4. The van der Waals surface area contributed by atoms with E-state index in [0.29, 0.717) is 30.8 Å². The first-order valence-corrected chi connectivity index (χ1v) is 10.6. The first-order chi connectivity index (χ1) is 13.1.